The Bertz CT molecular complexity index is 337. The summed E-state index contributed by atoms with van der Waals surface area (Å²) in [4.78, 5) is 23.0. The molecule has 1 aliphatic carbocycles. The normalized spacial score (nSPS) is 17.0. The third-order valence-corrected chi connectivity index (χ3v) is 3.95. The predicted molar refractivity (Wildman–Crippen MR) is 81.1 cm³/mol. The van der Waals surface area contributed by atoms with Crippen LogP contribution in [-0.4, -0.2) is 29.8 Å². The maximum Gasteiger partial charge on any atom is 0.407 e. The van der Waals surface area contributed by atoms with E-state index in [0.717, 1.165) is 57.8 Å². The molecular formula is C16H27NO4. The zero-order valence-corrected chi connectivity index (χ0v) is 12.7. The van der Waals surface area contributed by atoms with Crippen LogP contribution in [0.1, 0.15) is 57.8 Å². The molecule has 1 aliphatic rings. The molecule has 0 unspecified atom stereocenters. The molecule has 1 fully saturated rings. The minimum atomic E-state index is -0.968. The Balaban J connectivity index is 2.25. The van der Waals surface area contributed by atoms with Crippen LogP contribution in [0.5, 0.6) is 0 Å². The van der Waals surface area contributed by atoms with Gasteiger partial charge in [-0.05, 0) is 44.4 Å². The zero-order chi connectivity index (χ0) is 15.5. The molecule has 2 N–H and O–H groups in total. The molecule has 0 radical (unpaired) electrons. The zero-order valence-electron chi connectivity index (χ0n) is 12.7. The second-order valence-electron chi connectivity index (χ2n) is 5.63. The third-order valence-electron chi connectivity index (χ3n) is 3.95. The summed E-state index contributed by atoms with van der Waals surface area (Å²) >= 11 is 0. The van der Waals surface area contributed by atoms with E-state index in [-0.39, 0.29) is 5.92 Å². The molecule has 0 aromatic heterocycles. The average Bonchev–Trinajstić information content (AvgIpc) is 2.49. The second kappa shape index (κ2) is 10.2. The molecule has 0 aromatic carbocycles. The lowest BCUT2D eigenvalue weighted by molar-refractivity contribution is -0.141. The number of amides is 1. The van der Waals surface area contributed by atoms with E-state index < -0.39 is 18.1 Å². The number of rotatable bonds is 9. The molecule has 1 saturated carbocycles. The minimum Gasteiger partial charge on any atom is -0.480 e. The largest absolute Gasteiger partial charge is 0.480 e. The van der Waals surface area contributed by atoms with E-state index in [9.17, 15) is 14.7 Å². The number of carboxylic acid groups (broad SMARTS) is 1. The van der Waals surface area contributed by atoms with Gasteiger partial charge in [-0.3, -0.25) is 0 Å². The van der Waals surface area contributed by atoms with Gasteiger partial charge < -0.3 is 15.2 Å². The third kappa shape index (κ3) is 7.16. The van der Waals surface area contributed by atoms with Crippen molar-refractivity contribution in [1.29, 1.82) is 0 Å². The van der Waals surface area contributed by atoms with Gasteiger partial charge in [0.1, 0.15) is 6.04 Å². The van der Waals surface area contributed by atoms with E-state index in [1.54, 1.807) is 0 Å². The van der Waals surface area contributed by atoms with E-state index in [2.05, 4.69) is 11.9 Å². The summed E-state index contributed by atoms with van der Waals surface area (Å²) in [6, 6.07) is -0.821. The smallest absolute Gasteiger partial charge is 0.407 e. The standard InChI is InChI=1S/C16H27NO4/c1-2-3-4-5-9-12-21-16(20)17-14(15(18)19)13-10-7-6-8-11-13/h2,13-14H,1,3-12H2,(H,17,20)(H,18,19)/t14-/m0/s1. The van der Waals surface area contributed by atoms with Crippen molar-refractivity contribution in [3.63, 3.8) is 0 Å². The van der Waals surface area contributed by atoms with Gasteiger partial charge in [0.2, 0.25) is 0 Å². The highest BCUT2D eigenvalue weighted by Gasteiger charge is 2.31. The predicted octanol–water partition coefficient (Wildman–Crippen LogP) is 3.49. The highest BCUT2D eigenvalue weighted by molar-refractivity contribution is 5.80. The number of alkyl carbamates (subject to hydrolysis) is 1. The lowest BCUT2D eigenvalue weighted by Gasteiger charge is -2.27. The highest BCUT2D eigenvalue weighted by atomic mass is 16.5. The number of carbonyl (C=O) groups is 2. The lowest BCUT2D eigenvalue weighted by atomic mass is 9.84. The number of aliphatic carboxylic acids is 1. The van der Waals surface area contributed by atoms with Crippen LogP contribution in [0.4, 0.5) is 4.79 Å². The van der Waals surface area contributed by atoms with Gasteiger partial charge in [0.25, 0.3) is 0 Å². The van der Waals surface area contributed by atoms with Gasteiger partial charge in [0.05, 0.1) is 6.61 Å². The number of ether oxygens (including phenoxy) is 1. The molecule has 0 spiro atoms. The first-order valence-corrected chi connectivity index (χ1v) is 7.92. The topological polar surface area (TPSA) is 75.6 Å². The van der Waals surface area contributed by atoms with Crippen molar-refractivity contribution in [3.8, 4) is 0 Å². The minimum absolute atomic E-state index is 0.0244. The first-order chi connectivity index (χ1) is 10.1. The van der Waals surface area contributed by atoms with Crippen molar-refractivity contribution in [2.24, 2.45) is 5.92 Å². The van der Waals surface area contributed by atoms with Crippen molar-refractivity contribution >= 4 is 12.1 Å². The van der Waals surface area contributed by atoms with Gasteiger partial charge >= 0.3 is 12.1 Å². The average molecular weight is 297 g/mol. The van der Waals surface area contributed by atoms with Crippen LogP contribution in [0.15, 0.2) is 12.7 Å². The molecule has 5 heteroatoms. The first kappa shape index (κ1) is 17.5. The Kier molecular flexibility index (Phi) is 8.55. The maximum atomic E-state index is 11.7. The number of hydrogen-bond donors (Lipinski definition) is 2. The summed E-state index contributed by atoms with van der Waals surface area (Å²) < 4.78 is 5.05. The van der Waals surface area contributed by atoms with Crippen molar-refractivity contribution < 1.29 is 19.4 Å². The van der Waals surface area contributed by atoms with E-state index in [4.69, 9.17) is 4.74 Å². The Hall–Kier alpha value is -1.52. The molecule has 0 aromatic rings. The number of unbranched alkanes of at least 4 members (excludes halogenated alkanes) is 3. The highest BCUT2D eigenvalue weighted by Crippen LogP contribution is 2.26. The molecule has 1 amide bonds. The van der Waals surface area contributed by atoms with Gasteiger partial charge in [0, 0.05) is 0 Å². The molecule has 21 heavy (non-hydrogen) atoms. The van der Waals surface area contributed by atoms with Gasteiger partial charge in [-0.15, -0.1) is 6.58 Å². The van der Waals surface area contributed by atoms with E-state index in [0.29, 0.717) is 6.61 Å². The number of hydrogen-bond acceptors (Lipinski definition) is 3. The van der Waals surface area contributed by atoms with Crippen LogP contribution in [-0.2, 0) is 9.53 Å². The summed E-state index contributed by atoms with van der Waals surface area (Å²) in [6.07, 6.45) is 9.97. The van der Waals surface area contributed by atoms with E-state index >= 15 is 0 Å². The summed E-state index contributed by atoms with van der Waals surface area (Å²) in [5.41, 5.74) is 0. The second-order valence-corrected chi connectivity index (χ2v) is 5.63. The summed E-state index contributed by atoms with van der Waals surface area (Å²) in [5.74, 6) is -0.943. The molecule has 5 nitrogen and oxygen atoms in total. The Morgan fingerprint density at radius 3 is 2.57 bits per heavy atom. The summed E-state index contributed by atoms with van der Waals surface area (Å²) in [5, 5.41) is 11.8. The molecule has 1 atom stereocenters. The fourth-order valence-corrected chi connectivity index (χ4v) is 2.75. The van der Waals surface area contributed by atoms with Crippen LogP contribution in [0.25, 0.3) is 0 Å². The Labute approximate surface area is 126 Å². The lowest BCUT2D eigenvalue weighted by Crippen LogP contribution is -2.46. The first-order valence-electron chi connectivity index (χ1n) is 7.92. The molecule has 0 aliphatic heterocycles. The number of carboxylic acids is 1. The Morgan fingerprint density at radius 2 is 1.95 bits per heavy atom. The number of nitrogens with one attached hydrogen (secondary N) is 1. The number of carbonyl (C=O) groups excluding carboxylic acids is 1. The van der Waals surface area contributed by atoms with Crippen LogP contribution in [0, 0.1) is 5.92 Å². The van der Waals surface area contributed by atoms with Crippen molar-refractivity contribution in [3.05, 3.63) is 12.7 Å². The Morgan fingerprint density at radius 1 is 1.24 bits per heavy atom. The summed E-state index contributed by atoms with van der Waals surface area (Å²) in [7, 11) is 0. The molecule has 120 valence electrons. The summed E-state index contributed by atoms with van der Waals surface area (Å²) in [6.45, 7) is 3.98. The van der Waals surface area contributed by atoms with Crippen molar-refractivity contribution in [2.45, 2.75) is 63.8 Å². The fraction of sp³-hybridized carbons (Fsp3) is 0.750. The van der Waals surface area contributed by atoms with Gasteiger partial charge in [0.15, 0.2) is 0 Å². The van der Waals surface area contributed by atoms with E-state index in [1.807, 2.05) is 6.08 Å². The monoisotopic (exact) mass is 297 g/mol. The molecule has 0 saturated heterocycles. The SMILES string of the molecule is C=CCCCCCOC(=O)N[C@H](C(=O)O)C1CCCCC1. The van der Waals surface area contributed by atoms with Crippen LogP contribution in [0.3, 0.4) is 0 Å². The van der Waals surface area contributed by atoms with Gasteiger partial charge in [-0.2, -0.15) is 0 Å². The maximum absolute atomic E-state index is 11.7. The number of allylic oxidation sites excluding steroid dienone is 1. The molecular weight excluding hydrogens is 270 g/mol. The van der Waals surface area contributed by atoms with Gasteiger partial charge in [-0.1, -0.05) is 25.3 Å². The van der Waals surface area contributed by atoms with Crippen LogP contribution >= 0.6 is 0 Å². The molecule has 0 bridgehead atoms. The van der Waals surface area contributed by atoms with Crippen LogP contribution < -0.4 is 5.32 Å². The van der Waals surface area contributed by atoms with E-state index in [1.165, 1.54) is 0 Å². The quantitative estimate of drug-likeness (QED) is 0.504. The fourth-order valence-electron chi connectivity index (χ4n) is 2.75. The van der Waals surface area contributed by atoms with Crippen molar-refractivity contribution in [1.82, 2.24) is 5.32 Å². The van der Waals surface area contributed by atoms with Gasteiger partial charge in [-0.25, -0.2) is 9.59 Å². The molecule has 0 heterocycles. The molecule has 1 rings (SSSR count). The van der Waals surface area contributed by atoms with Crippen molar-refractivity contribution in [2.75, 3.05) is 6.61 Å². The van der Waals surface area contributed by atoms with Crippen LogP contribution in [0.2, 0.25) is 0 Å².